The third kappa shape index (κ3) is 3.05. The van der Waals surface area contributed by atoms with E-state index >= 15 is 0 Å². The van der Waals surface area contributed by atoms with Gasteiger partial charge in [-0.1, -0.05) is 36.1 Å². The minimum Gasteiger partial charge on any atom is -0.384 e. The van der Waals surface area contributed by atoms with E-state index in [1.807, 2.05) is 30.3 Å². The second-order valence-corrected chi connectivity index (χ2v) is 6.19. The van der Waals surface area contributed by atoms with Gasteiger partial charge in [-0.15, -0.1) is 0 Å². The van der Waals surface area contributed by atoms with Crippen LogP contribution in [0.4, 0.5) is 0 Å². The lowest BCUT2D eigenvalue weighted by Gasteiger charge is -2.38. The molecule has 1 fully saturated rings. The molecule has 2 N–H and O–H groups in total. The fraction of sp³-hybridized carbons (Fsp3) is 0.250. The quantitative estimate of drug-likeness (QED) is 0.730. The number of para-hydroxylation sites is 2. The molecule has 0 aliphatic carbocycles. The standard InChI is InChI=1S/C20H19N3O/c24-11-3-4-15-7-9-16(10-8-15)12-23-13-17(14-23)20-21-18-5-1-2-6-19(18)22-20/h1-2,5-10,17,24H,11-14H2,(H,21,22). The minimum atomic E-state index is -0.0985. The van der Waals surface area contributed by atoms with Gasteiger partial charge in [0.15, 0.2) is 0 Å². The zero-order valence-electron chi connectivity index (χ0n) is 13.4. The summed E-state index contributed by atoms with van der Waals surface area (Å²) in [5.74, 6) is 7.18. The first-order valence-electron chi connectivity index (χ1n) is 8.17. The normalized spacial score (nSPS) is 15.0. The molecule has 4 nitrogen and oxygen atoms in total. The van der Waals surface area contributed by atoms with Crippen molar-refractivity contribution < 1.29 is 5.11 Å². The number of aliphatic hydroxyl groups excluding tert-OH is 1. The van der Waals surface area contributed by atoms with Gasteiger partial charge in [0.25, 0.3) is 0 Å². The fourth-order valence-electron chi connectivity index (χ4n) is 3.13. The van der Waals surface area contributed by atoms with Crippen molar-refractivity contribution in [1.82, 2.24) is 14.9 Å². The Balaban J connectivity index is 1.35. The molecule has 4 rings (SSSR count). The number of hydrogen-bond acceptors (Lipinski definition) is 3. The summed E-state index contributed by atoms with van der Waals surface area (Å²) in [6, 6.07) is 16.4. The Bertz CT molecular complexity index is 863. The first-order valence-corrected chi connectivity index (χ1v) is 8.17. The summed E-state index contributed by atoms with van der Waals surface area (Å²) in [7, 11) is 0. The van der Waals surface area contributed by atoms with Crippen LogP contribution in [0, 0.1) is 11.8 Å². The highest BCUT2D eigenvalue weighted by atomic mass is 16.2. The van der Waals surface area contributed by atoms with E-state index in [-0.39, 0.29) is 6.61 Å². The Labute approximate surface area is 141 Å². The molecule has 0 bridgehead atoms. The van der Waals surface area contributed by atoms with Gasteiger partial charge >= 0.3 is 0 Å². The number of aromatic amines is 1. The molecule has 0 unspecified atom stereocenters. The van der Waals surface area contributed by atoms with E-state index in [1.54, 1.807) is 0 Å². The van der Waals surface area contributed by atoms with Crippen LogP contribution >= 0.6 is 0 Å². The zero-order valence-corrected chi connectivity index (χ0v) is 13.4. The van der Waals surface area contributed by atoms with E-state index in [0.717, 1.165) is 42.1 Å². The molecule has 120 valence electrons. The molecule has 1 aliphatic heterocycles. The van der Waals surface area contributed by atoms with E-state index < -0.39 is 0 Å². The fourth-order valence-corrected chi connectivity index (χ4v) is 3.13. The van der Waals surface area contributed by atoms with Crippen LogP contribution in [-0.2, 0) is 6.54 Å². The third-order valence-corrected chi connectivity index (χ3v) is 4.42. The Morgan fingerprint density at radius 1 is 1.12 bits per heavy atom. The molecule has 0 saturated carbocycles. The first kappa shape index (κ1) is 14.9. The van der Waals surface area contributed by atoms with Gasteiger partial charge in [0.2, 0.25) is 0 Å². The molecule has 0 spiro atoms. The van der Waals surface area contributed by atoms with Crippen LogP contribution in [0.5, 0.6) is 0 Å². The van der Waals surface area contributed by atoms with Gasteiger partial charge in [0.05, 0.1) is 11.0 Å². The van der Waals surface area contributed by atoms with Crippen molar-refractivity contribution in [3.8, 4) is 11.8 Å². The van der Waals surface area contributed by atoms with Gasteiger partial charge in [-0.3, -0.25) is 4.90 Å². The molecule has 0 amide bonds. The second-order valence-electron chi connectivity index (χ2n) is 6.19. The smallest absolute Gasteiger partial charge is 0.112 e. The Morgan fingerprint density at radius 2 is 1.92 bits per heavy atom. The molecule has 2 heterocycles. The van der Waals surface area contributed by atoms with Crippen molar-refractivity contribution >= 4 is 11.0 Å². The molecule has 0 atom stereocenters. The molecule has 1 saturated heterocycles. The number of hydrogen-bond donors (Lipinski definition) is 2. The number of likely N-dealkylation sites (tertiary alicyclic amines) is 1. The lowest BCUT2D eigenvalue weighted by atomic mass is 9.98. The summed E-state index contributed by atoms with van der Waals surface area (Å²) in [4.78, 5) is 10.6. The number of benzene rings is 2. The summed E-state index contributed by atoms with van der Waals surface area (Å²) >= 11 is 0. The van der Waals surface area contributed by atoms with Crippen LogP contribution in [-0.4, -0.2) is 39.7 Å². The van der Waals surface area contributed by atoms with Crippen LogP contribution in [0.15, 0.2) is 48.5 Å². The number of aliphatic hydroxyl groups is 1. The van der Waals surface area contributed by atoms with Crippen molar-refractivity contribution in [1.29, 1.82) is 0 Å². The minimum absolute atomic E-state index is 0.0985. The van der Waals surface area contributed by atoms with Gasteiger partial charge in [-0.05, 0) is 29.8 Å². The highest BCUT2D eigenvalue weighted by Gasteiger charge is 2.30. The van der Waals surface area contributed by atoms with Crippen LogP contribution < -0.4 is 0 Å². The van der Waals surface area contributed by atoms with Gasteiger partial charge in [0.1, 0.15) is 12.4 Å². The van der Waals surface area contributed by atoms with Gasteiger partial charge in [0, 0.05) is 31.1 Å². The van der Waals surface area contributed by atoms with Crippen LogP contribution in [0.1, 0.15) is 22.9 Å². The number of rotatable bonds is 3. The Hall–Kier alpha value is -2.61. The predicted molar refractivity (Wildman–Crippen MR) is 94.5 cm³/mol. The van der Waals surface area contributed by atoms with Gasteiger partial charge < -0.3 is 10.1 Å². The van der Waals surface area contributed by atoms with Crippen molar-refractivity contribution in [3.05, 3.63) is 65.5 Å². The molecule has 24 heavy (non-hydrogen) atoms. The third-order valence-electron chi connectivity index (χ3n) is 4.42. The van der Waals surface area contributed by atoms with E-state index in [9.17, 15) is 0 Å². The molecule has 4 heteroatoms. The second kappa shape index (κ2) is 6.48. The van der Waals surface area contributed by atoms with Gasteiger partial charge in [-0.25, -0.2) is 4.98 Å². The van der Waals surface area contributed by atoms with E-state index in [4.69, 9.17) is 10.1 Å². The van der Waals surface area contributed by atoms with Crippen molar-refractivity contribution in [3.63, 3.8) is 0 Å². The number of fused-ring (bicyclic) bond motifs is 1. The highest BCUT2D eigenvalue weighted by molar-refractivity contribution is 5.74. The lowest BCUT2D eigenvalue weighted by molar-refractivity contribution is 0.135. The molecule has 3 aromatic rings. The number of nitrogens with one attached hydrogen (secondary N) is 1. The summed E-state index contributed by atoms with van der Waals surface area (Å²) in [5.41, 5.74) is 4.39. The Morgan fingerprint density at radius 3 is 2.67 bits per heavy atom. The molecule has 2 aromatic carbocycles. The van der Waals surface area contributed by atoms with Crippen LogP contribution in [0.3, 0.4) is 0 Å². The SMILES string of the molecule is OCC#Cc1ccc(CN2CC(c3nc4ccccc4[nH]3)C2)cc1. The molecule has 1 aliphatic rings. The molecular formula is C20H19N3O. The predicted octanol–water partition coefficient (Wildman–Crippen LogP) is 2.51. The lowest BCUT2D eigenvalue weighted by Crippen LogP contribution is -2.44. The van der Waals surface area contributed by atoms with E-state index in [0.29, 0.717) is 5.92 Å². The number of H-pyrrole nitrogens is 1. The summed E-state index contributed by atoms with van der Waals surface area (Å²) in [6.07, 6.45) is 0. The molecule has 0 radical (unpaired) electrons. The summed E-state index contributed by atoms with van der Waals surface area (Å²) in [5, 5.41) is 8.72. The largest absolute Gasteiger partial charge is 0.384 e. The average Bonchev–Trinajstić information content (AvgIpc) is 3.00. The van der Waals surface area contributed by atoms with Crippen LogP contribution in [0.2, 0.25) is 0 Å². The topological polar surface area (TPSA) is 52.1 Å². The first-order chi connectivity index (χ1) is 11.8. The Kier molecular flexibility index (Phi) is 4.04. The number of aromatic nitrogens is 2. The number of nitrogens with zero attached hydrogens (tertiary/aromatic N) is 2. The van der Waals surface area contributed by atoms with Crippen LogP contribution in [0.25, 0.3) is 11.0 Å². The van der Waals surface area contributed by atoms with E-state index in [2.05, 4.69) is 39.9 Å². The van der Waals surface area contributed by atoms with E-state index in [1.165, 1.54) is 5.56 Å². The summed E-state index contributed by atoms with van der Waals surface area (Å²) in [6.45, 7) is 2.92. The van der Waals surface area contributed by atoms with Crippen molar-refractivity contribution in [2.75, 3.05) is 19.7 Å². The maximum Gasteiger partial charge on any atom is 0.112 e. The molecular weight excluding hydrogens is 298 g/mol. The maximum atomic E-state index is 8.72. The summed E-state index contributed by atoms with van der Waals surface area (Å²) < 4.78 is 0. The zero-order chi connectivity index (χ0) is 16.4. The highest BCUT2D eigenvalue weighted by Crippen LogP contribution is 2.28. The van der Waals surface area contributed by atoms with Gasteiger partial charge in [-0.2, -0.15) is 0 Å². The van der Waals surface area contributed by atoms with Crippen molar-refractivity contribution in [2.24, 2.45) is 0 Å². The van der Waals surface area contributed by atoms with Crippen molar-refractivity contribution in [2.45, 2.75) is 12.5 Å². The molecule has 1 aromatic heterocycles. The average molecular weight is 317 g/mol. The monoisotopic (exact) mass is 317 g/mol. The number of imidazole rings is 1. The maximum absolute atomic E-state index is 8.72.